The summed E-state index contributed by atoms with van der Waals surface area (Å²) >= 11 is 2.34. The van der Waals surface area contributed by atoms with Crippen LogP contribution >= 0.6 is 0 Å². The second-order valence-corrected chi connectivity index (χ2v) is 3.88. The van der Waals surface area contributed by atoms with Crippen LogP contribution in [0.25, 0.3) is 0 Å². The Kier molecular flexibility index (Phi) is 7.37. The van der Waals surface area contributed by atoms with Crippen LogP contribution in [0.4, 0.5) is 0 Å². The van der Waals surface area contributed by atoms with Gasteiger partial charge in [0.1, 0.15) is 0 Å². The van der Waals surface area contributed by atoms with Crippen LogP contribution in [-0.4, -0.2) is 0 Å². The first kappa shape index (κ1) is 9.71. The Bertz CT molecular complexity index is 52.5. The summed E-state index contributed by atoms with van der Waals surface area (Å²) in [7, 11) is 0. The van der Waals surface area contributed by atoms with E-state index < -0.39 is 0 Å². The number of hydrogen-bond donors (Lipinski definition) is 0. The van der Waals surface area contributed by atoms with Gasteiger partial charge in [-0.15, -0.1) is 0 Å². The third kappa shape index (κ3) is 6.60. The molecule has 0 bridgehead atoms. The molecule has 0 amide bonds. The molecule has 53 valence electrons. The van der Waals surface area contributed by atoms with Crippen molar-refractivity contribution in [3.8, 4) is 0 Å². The summed E-state index contributed by atoms with van der Waals surface area (Å²) in [6, 6.07) is 0. The molecular weight excluding hydrogens is 144 g/mol. The first-order valence-electron chi connectivity index (χ1n) is 4.02. The van der Waals surface area contributed by atoms with Gasteiger partial charge >= 0.3 is 70.6 Å². The molecule has 0 N–H and O–H groups in total. The second-order valence-electron chi connectivity index (χ2n) is 2.60. The van der Waals surface area contributed by atoms with Crippen molar-refractivity contribution >= 4 is 0 Å². The predicted octanol–water partition coefficient (Wildman–Crippen LogP) is 3.31. The minimum absolute atomic E-state index is 0.955. The average molecular weight is 161 g/mol. The van der Waals surface area contributed by atoms with E-state index >= 15 is 0 Å². The number of hydrogen-bond acceptors (Lipinski definition) is 0. The van der Waals surface area contributed by atoms with Crippen LogP contribution in [0, 0.1) is 0 Å². The van der Waals surface area contributed by atoms with Gasteiger partial charge < -0.3 is 0 Å². The molecule has 0 rings (SSSR count). The van der Waals surface area contributed by atoms with Crippen molar-refractivity contribution in [1.82, 2.24) is 0 Å². The van der Waals surface area contributed by atoms with Gasteiger partial charge in [0.05, 0.1) is 0 Å². The van der Waals surface area contributed by atoms with Gasteiger partial charge in [0, 0.05) is 0 Å². The van der Waals surface area contributed by atoms with Crippen LogP contribution in [0.5, 0.6) is 0 Å². The molecule has 1 heteroatoms. The molecule has 0 saturated heterocycles. The van der Waals surface area contributed by atoms with E-state index in [2.05, 4.69) is 34.3 Å². The zero-order valence-electron chi connectivity index (χ0n) is 6.61. The van der Waals surface area contributed by atoms with Crippen LogP contribution in [0.3, 0.4) is 0 Å². The van der Waals surface area contributed by atoms with Crippen molar-refractivity contribution in [2.45, 2.75) is 50.2 Å². The van der Waals surface area contributed by atoms with Crippen LogP contribution < -0.4 is 0 Å². The molecule has 0 spiro atoms. The molecule has 0 heterocycles. The quantitative estimate of drug-likeness (QED) is 0.428. The first-order chi connectivity index (χ1) is 4.31. The van der Waals surface area contributed by atoms with Crippen LogP contribution in [0.2, 0.25) is 4.22 Å². The van der Waals surface area contributed by atoms with Crippen molar-refractivity contribution in [3.63, 3.8) is 0 Å². The molecule has 0 aromatic rings. The maximum absolute atomic E-state index is 2.34. The molecule has 0 aromatic heterocycles. The van der Waals surface area contributed by atoms with Gasteiger partial charge in [-0.05, 0) is 0 Å². The van der Waals surface area contributed by atoms with E-state index in [0.717, 1.165) is 4.22 Å². The van der Waals surface area contributed by atoms with E-state index in [0.29, 0.717) is 0 Å². The Morgan fingerprint density at radius 3 is 2.33 bits per heavy atom. The Morgan fingerprint density at radius 1 is 1.22 bits per heavy atom. The van der Waals surface area contributed by atoms with Gasteiger partial charge in [-0.1, -0.05) is 0 Å². The van der Waals surface area contributed by atoms with Gasteiger partial charge in [-0.3, -0.25) is 0 Å². The van der Waals surface area contributed by atoms with E-state index in [1.165, 1.54) is 32.1 Å². The zero-order valence-corrected chi connectivity index (χ0v) is 8.17. The van der Waals surface area contributed by atoms with E-state index in [1.54, 1.807) is 0 Å². The topological polar surface area (TPSA) is 0 Å². The fourth-order valence-electron chi connectivity index (χ4n) is 0.845. The summed E-state index contributed by atoms with van der Waals surface area (Å²) < 4.78 is 0.955. The van der Waals surface area contributed by atoms with Crippen LogP contribution in [-0.2, 0) is 20.4 Å². The van der Waals surface area contributed by atoms with Crippen molar-refractivity contribution in [2.24, 2.45) is 0 Å². The molecule has 0 aliphatic carbocycles. The Hall–Kier alpha value is 0.714. The fraction of sp³-hybridized carbons (Fsp3) is 1.00. The molecule has 0 aromatic carbocycles. The SMILES string of the molecule is CCCCC[CH]([Ti])CC. The second kappa shape index (κ2) is 6.83. The third-order valence-corrected chi connectivity index (χ3v) is 2.74. The van der Waals surface area contributed by atoms with Crippen molar-refractivity contribution in [1.29, 1.82) is 0 Å². The zero-order chi connectivity index (χ0) is 7.11. The molecule has 0 aliphatic rings. The standard InChI is InChI=1S/C8H17.Ti/c1-3-5-7-8-6-4-2;/h5H,3-4,6-8H2,1-2H3;. The Balaban J connectivity index is 2.88. The minimum atomic E-state index is 0.955. The third-order valence-electron chi connectivity index (χ3n) is 1.65. The normalized spacial score (nSPS) is 13.4. The molecule has 9 heavy (non-hydrogen) atoms. The summed E-state index contributed by atoms with van der Waals surface area (Å²) in [5.41, 5.74) is 0. The van der Waals surface area contributed by atoms with Crippen LogP contribution in [0.15, 0.2) is 0 Å². The molecule has 0 nitrogen and oxygen atoms in total. The van der Waals surface area contributed by atoms with Gasteiger partial charge in [-0.25, -0.2) is 0 Å². The van der Waals surface area contributed by atoms with E-state index in [1.807, 2.05) is 0 Å². The molecule has 1 unspecified atom stereocenters. The van der Waals surface area contributed by atoms with Crippen molar-refractivity contribution in [2.75, 3.05) is 0 Å². The van der Waals surface area contributed by atoms with E-state index in [9.17, 15) is 0 Å². The Labute approximate surface area is 70.8 Å². The summed E-state index contributed by atoms with van der Waals surface area (Å²) in [5.74, 6) is 0. The van der Waals surface area contributed by atoms with Crippen molar-refractivity contribution < 1.29 is 20.4 Å². The number of rotatable bonds is 5. The number of unbranched alkanes of at least 4 members (excludes halogenated alkanes) is 2. The molecule has 1 atom stereocenters. The molecule has 0 saturated carbocycles. The molecule has 0 radical (unpaired) electrons. The van der Waals surface area contributed by atoms with Gasteiger partial charge in [0.25, 0.3) is 0 Å². The fourth-order valence-corrected chi connectivity index (χ4v) is 1.16. The van der Waals surface area contributed by atoms with Gasteiger partial charge in [0.15, 0.2) is 0 Å². The molecule has 0 aliphatic heterocycles. The summed E-state index contributed by atoms with van der Waals surface area (Å²) in [6.45, 7) is 4.53. The predicted molar refractivity (Wildman–Crippen MR) is 38.2 cm³/mol. The van der Waals surface area contributed by atoms with Gasteiger partial charge in [0.2, 0.25) is 0 Å². The van der Waals surface area contributed by atoms with Crippen LogP contribution in [0.1, 0.15) is 46.0 Å². The monoisotopic (exact) mass is 161 g/mol. The maximum atomic E-state index is 2.34. The first-order valence-corrected chi connectivity index (χ1v) is 4.92. The van der Waals surface area contributed by atoms with E-state index in [-0.39, 0.29) is 0 Å². The molecular formula is C8H17Ti. The van der Waals surface area contributed by atoms with E-state index in [4.69, 9.17) is 0 Å². The summed E-state index contributed by atoms with van der Waals surface area (Å²) in [4.78, 5) is 0. The summed E-state index contributed by atoms with van der Waals surface area (Å²) in [5, 5.41) is 0. The molecule has 0 fully saturated rings. The van der Waals surface area contributed by atoms with Crippen molar-refractivity contribution in [3.05, 3.63) is 0 Å². The van der Waals surface area contributed by atoms with Gasteiger partial charge in [-0.2, -0.15) is 0 Å². The average Bonchev–Trinajstić information content (AvgIpc) is 1.89. The Morgan fingerprint density at radius 2 is 1.89 bits per heavy atom. The summed E-state index contributed by atoms with van der Waals surface area (Å²) in [6.07, 6.45) is 7.00.